The molecule has 0 aromatic heterocycles. The van der Waals surface area contributed by atoms with E-state index < -0.39 is 0 Å². The molecule has 0 fully saturated rings. The van der Waals surface area contributed by atoms with E-state index in [1.807, 2.05) is 18.2 Å². The van der Waals surface area contributed by atoms with E-state index in [0.717, 1.165) is 15.8 Å². The molecule has 2 N–H and O–H groups in total. The molecule has 0 radical (unpaired) electrons. The third-order valence-electron chi connectivity index (χ3n) is 2.69. The van der Waals surface area contributed by atoms with Crippen LogP contribution in [-0.2, 0) is 0 Å². The van der Waals surface area contributed by atoms with Crippen molar-refractivity contribution in [2.45, 2.75) is 19.8 Å². The molecule has 0 saturated carbocycles. The van der Waals surface area contributed by atoms with Gasteiger partial charge in [-0.3, -0.25) is 0 Å². The first kappa shape index (κ1) is 15.1. The fourth-order valence-corrected chi connectivity index (χ4v) is 2.95. The van der Waals surface area contributed by atoms with Crippen LogP contribution >= 0.6 is 15.9 Å². The van der Waals surface area contributed by atoms with Gasteiger partial charge in [-0.25, -0.2) is 0 Å². The van der Waals surface area contributed by atoms with Gasteiger partial charge in [-0.2, -0.15) is 0 Å². The number of hydrogen-bond acceptors (Lipinski definition) is 3. The van der Waals surface area contributed by atoms with Gasteiger partial charge in [0.15, 0.2) is 11.5 Å². The van der Waals surface area contributed by atoms with E-state index in [0.29, 0.717) is 18.2 Å². The number of halogens is 1. The van der Waals surface area contributed by atoms with E-state index in [9.17, 15) is 0 Å². The number of rotatable bonds is 5. The van der Waals surface area contributed by atoms with Crippen molar-refractivity contribution < 1.29 is 9.47 Å². The summed E-state index contributed by atoms with van der Waals surface area (Å²) in [4.78, 5) is 0. The van der Waals surface area contributed by atoms with Crippen molar-refractivity contribution in [3.8, 4) is 11.5 Å². The summed E-state index contributed by atoms with van der Waals surface area (Å²) in [5, 5.41) is 0. The fourth-order valence-electron chi connectivity index (χ4n) is 1.90. The highest BCUT2D eigenvalue weighted by molar-refractivity contribution is 9.10. The Morgan fingerprint density at radius 3 is 2.44 bits per heavy atom. The smallest absolute Gasteiger partial charge is 0.175 e. The number of ether oxygens (including phenoxy) is 2. The van der Waals surface area contributed by atoms with E-state index in [1.54, 1.807) is 14.2 Å². The molecular weight excluding hydrogens is 294 g/mol. The third kappa shape index (κ3) is 3.06. The van der Waals surface area contributed by atoms with Crippen molar-refractivity contribution in [1.29, 1.82) is 0 Å². The lowest BCUT2D eigenvalue weighted by Gasteiger charge is -2.18. The number of methoxy groups -OCH3 is 2. The van der Waals surface area contributed by atoms with Gasteiger partial charge in [0.2, 0.25) is 0 Å². The van der Waals surface area contributed by atoms with Crippen LogP contribution in [-0.4, -0.2) is 20.8 Å². The molecule has 0 aliphatic carbocycles. The highest BCUT2D eigenvalue weighted by Crippen LogP contribution is 2.42. The molecular formula is C14H20BrNO2. The van der Waals surface area contributed by atoms with Crippen LogP contribution in [0.5, 0.6) is 11.5 Å². The standard InChI is InChI=1S/C14H20BrNO2/c1-9(2)12-10(6-5-7-16)8-11(17-3)14(18-4)13(12)15/h5-6,8-9H,7,16H2,1-4H3/b6-5+. The topological polar surface area (TPSA) is 44.5 Å². The molecule has 0 amide bonds. The van der Waals surface area contributed by atoms with Crippen LogP contribution in [0.2, 0.25) is 0 Å². The number of nitrogens with two attached hydrogens (primary N) is 1. The maximum atomic E-state index is 5.51. The molecule has 18 heavy (non-hydrogen) atoms. The van der Waals surface area contributed by atoms with Gasteiger partial charge in [-0.05, 0) is 39.0 Å². The highest BCUT2D eigenvalue weighted by Gasteiger charge is 2.18. The Morgan fingerprint density at radius 2 is 2.00 bits per heavy atom. The lowest BCUT2D eigenvalue weighted by Crippen LogP contribution is -2.00. The second-order valence-corrected chi connectivity index (χ2v) is 5.01. The van der Waals surface area contributed by atoms with Crippen molar-refractivity contribution in [1.82, 2.24) is 0 Å². The maximum absolute atomic E-state index is 5.51. The van der Waals surface area contributed by atoms with Gasteiger partial charge >= 0.3 is 0 Å². The van der Waals surface area contributed by atoms with Crippen molar-refractivity contribution >= 4 is 22.0 Å². The molecule has 1 aromatic rings. The minimum atomic E-state index is 0.372. The minimum Gasteiger partial charge on any atom is -0.493 e. The molecule has 0 bridgehead atoms. The van der Waals surface area contributed by atoms with E-state index in [2.05, 4.69) is 29.8 Å². The molecule has 0 unspecified atom stereocenters. The summed E-state index contributed by atoms with van der Waals surface area (Å²) < 4.78 is 11.7. The van der Waals surface area contributed by atoms with E-state index in [1.165, 1.54) is 5.56 Å². The summed E-state index contributed by atoms with van der Waals surface area (Å²) in [6, 6.07) is 1.98. The quantitative estimate of drug-likeness (QED) is 0.904. The van der Waals surface area contributed by atoms with Crippen LogP contribution in [0.3, 0.4) is 0 Å². The molecule has 0 spiro atoms. The molecule has 0 aliphatic rings. The minimum absolute atomic E-state index is 0.372. The first-order valence-electron chi connectivity index (χ1n) is 5.87. The predicted octanol–water partition coefficient (Wildman–Crippen LogP) is 3.56. The Bertz CT molecular complexity index is 442. The molecule has 1 rings (SSSR count). The van der Waals surface area contributed by atoms with Gasteiger partial charge in [0.25, 0.3) is 0 Å². The van der Waals surface area contributed by atoms with E-state index >= 15 is 0 Å². The molecule has 0 heterocycles. The molecule has 0 atom stereocenters. The van der Waals surface area contributed by atoms with Crippen LogP contribution in [0, 0.1) is 0 Å². The number of hydrogen-bond donors (Lipinski definition) is 1. The van der Waals surface area contributed by atoms with Gasteiger partial charge < -0.3 is 15.2 Å². The molecule has 3 nitrogen and oxygen atoms in total. The van der Waals surface area contributed by atoms with Gasteiger partial charge in [-0.15, -0.1) is 0 Å². The Kier molecular flexibility index (Phi) is 5.69. The number of benzene rings is 1. The van der Waals surface area contributed by atoms with E-state index in [4.69, 9.17) is 15.2 Å². The zero-order chi connectivity index (χ0) is 13.7. The molecule has 0 saturated heterocycles. The Hall–Kier alpha value is -1.00. The third-order valence-corrected chi connectivity index (χ3v) is 3.48. The summed E-state index contributed by atoms with van der Waals surface area (Å²) in [5.74, 6) is 1.81. The summed E-state index contributed by atoms with van der Waals surface area (Å²) in [7, 11) is 3.28. The summed E-state index contributed by atoms with van der Waals surface area (Å²) in [6.45, 7) is 4.81. The lowest BCUT2D eigenvalue weighted by molar-refractivity contribution is 0.352. The zero-order valence-electron chi connectivity index (χ0n) is 11.3. The first-order valence-corrected chi connectivity index (χ1v) is 6.67. The average Bonchev–Trinajstić information content (AvgIpc) is 2.34. The van der Waals surface area contributed by atoms with E-state index in [-0.39, 0.29) is 0 Å². The second kappa shape index (κ2) is 6.81. The predicted molar refractivity (Wildman–Crippen MR) is 79.4 cm³/mol. The summed E-state index contributed by atoms with van der Waals surface area (Å²) in [6.07, 6.45) is 3.95. The second-order valence-electron chi connectivity index (χ2n) is 4.22. The highest BCUT2D eigenvalue weighted by atomic mass is 79.9. The van der Waals surface area contributed by atoms with Crippen molar-refractivity contribution in [2.75, 3.05) is 20.8 Å². The Balaban J connectivity index is 3.49. The summed E-state index contributed by atoms with van der Waals surface area (Å²) >= 11 is 3.61. The SMILES string of the molecule is COc1cc(/C=C/CN)c(C(C)C)c(Br)c1OC. The van der Waals surface area contributed by atoms with Crippen molar-refractivity contribution in [3.05, 3.63) is 27.7 Å². The molecule has 100 valence electrons. The average molecular weight is 314 g/mol. The maximum Gasteiger partial charge on any atom is 0.175 e. The lowest BCUT2D eigenvalue weighted by atomic mass is 9.96. The largest absolute Gasteiger partial charge is 0.493 e. The van der Waals surface area contributed by atoms with Gasteiger partial charge in [-0.1, -0.05) is 26.0 Å². The van der Waals surface area contributed by atoms with Crippen LogP contribution in [0.1, 0.15) is 30.9 Å². The van der Waals surface area contributed by atoms with Crippen LogP contribution in [0.25, 0.3) is 6.08 Å². The molecule has 4 heteroatoms. The summed E-state index contributed by atoms with van der Waals surface area (Å²) in [5.41, 5.74) is 7.80. The first-order chi connectivity index (χ1) is 8.56. The van der Waals surface area contributed by atoms with Gasteiger partial charge in [0, 0.05) is 6.54 Å². The van der Waals surface area contributed by atoms with Gasteiger partial charge in [0.1, 0.15) is 0 Å². The van der Waals surface area contributed by atoms with Crippen LogP contribution in [0.4, 0.5) is 0 Å². The fraction of sp³-hybridized carbons (Fsp3) is 0.429. The van der Waals surface area contributed by atoms with Crippen molar-refractivity contribution in [3.63, 3.8) is 0 Å². The molecule has 0 aliphatic heterocycles. The van der Waals surface area contributed by atoms with Gasteiger partial charge in [0.05, 0.1) is 18.7 Å². The van der Waals surface area contributed by atoms with Crippen LogP contribution < -0.4 is 15.2 Å². The van der Waals surface area contributed by atoms with Crippen molar-refractivity contribution in [2.24, 2.45) is 5.73 Å². The monoisotopic (exact) mass is 313 g/mol. The molecule has 1 aromatic carbocycles. The zero-order valence-corrected chi connectivity index (χ0v) is 12.9. The van der Waals surface area contributed by atoms with Crippen LogP contribution in [0.15, 0.2) is 16.6 Å². The Labute approximate surface area is 117 Å². The Morgan fingerprint density at radius 1 is 1.33 bits per heavy atom. The normalized spacial score (nSPS) is 11.3.